The highest BCUT2D eigenvalue weighted by Gasteiger charge is 2.37. The highest BCUT2D eigenvalue weighted by atomic mass is 19.4. The third-order valence-electron chi connectivity index (χ3n) is 1.49. The molecular weight excluding hydrogens is 201 g/mol. The molecule has 1 rings (SSSR count). The van der Waals surface area contributed by atoms with Gasteiger partial charge in [0.25, 0.3) is 5.91 Å². The van der Waals surface area contributed by atoms with Gasteiger partial charge in [-0.05, 0) is 6.92 Å². The summed E-state index contributed by atoms with van der Waals surface area (Å²) in [5.41, 5.74) is -0.180. The maximum absolute atomic E-state index is 12.0. The lowest BCUT2D eigenvalue weighted by Gasteiger charge is -2.15. The van der Waals surface area contributed by atoms with Gasteiger partial charge >= 0.3 is 6.18 Å². The van der Waals surface area contributed by atoms with Gasteiger partial charge < -0.3 is 5.32 Å². The molecule has 1 aromatic heterocycles. The van der Waals surface area contributed by atoms with Crippen LogP contribution in [0.25, 0.3) is 0 Å². The lowest BCUT2D eigenvalue weighted by Crippen LogP contribution is -2.43. The molecule has 0 saturated heterocycles. The van der Waals surface area contributed by atoms with Gasteiger partial charge in [0, 0.05) is 0 Å². The van der Waals surface area contributed by atoms with Crippen molar-refractivity contribution in [2.24, 2.45) is 0 Å². The summed E-state index contributed by atoms with van der Waals surface area (Å²) in [5, 5.41) is 10.5. The molecule has 1 heterocycles. The minimum absolute atomic E-state index is 0.180. The molecule has 8 heteroatoms. The number of halogens is 3. The first-order chi connectivity index (χ1) is 6.41. The summed E-state index contributed by atoms with van der Waals surface area (Å²) < 4.78 is 36.0. The number of aromatic nitrogens is 3. The molecule has 0 aliphatic carbocycles. The summed E-state index contributed by atoms with van der Waals surface area (Å²) in [6.45, 7) is 0.845. The van der Waals surface area contributed by atoms with E-state index in [9.17, 15) is 18.0 Å². The highest BCUT2D eigenvalue weighted by Crippen LogP contribution is 2.19. The Morgan fingerprint density at radius 3 is 2.71 bits per heavy atom. The van der Waals surface area contributed by atoms with Crippen LogP contribution in [0, 0.1) is 0 Å². The highest BCUT2D eigenvalue weighted by molar-refractivity contribution is 5.92. The van der Waals surface area contributed by atoms with E-state index < -0.39 is 18.1 Å². The van der Waals surface area contributed by atoms with Crippen LogP contribution < -0.4 is 5.32 Å². The Balaban J connectivity index is 2.58. The van der Waals surface area contributed by atoms with E-state index in [4.69, 9.17) is 0 Å². The van der Waals surface area contributed by atoms with E-state index >= 15 is 0 Å². The molecule has 0 aliphatic heterocycles. The van der Waals surface area contributed by atoms with Crippen LogP contribution in [0.3, 0.4) is 0 Å². The Hall–Kier alpha value is -1.60. The number of amides is 1. The van der Waals surface area contributed by atoms with Crippen LogP contribution in [0.2, 0.25) is 0 Å². The van der Waals surface area contributed by atoms with Gasteiger partial charge in [-0.2, -0.15) is 28.6 Å². The third-order valence-corrected chi connectivity index (χ3v) is 1.49. The Morgan fingerprint density at radius 1 is 1.64 bits per heavy atom. The second-order valence-electron chi connectivity index (χ2n) is 2.59. The minimum atomic E-state index is -4.46. The number of hydrogen-bond acceptors (Lipinski definition) is 3. The Kier molecular flexibility index (Phi) is 2.73. The fourth-order valence-electron chi connectivity index (χ4n) is 0.663. The number of alkyl halides is 3. The zero-order valence-corrected chi connectivity index (χ0v) is 7.09. The van der Waals surface area contributed by atoms with Gasteiger partial charge in [-0.1, -0.05) is 0 Å². The van der Waals surface area contributed by atoms with Gasteiger partial charge in [0.1, 0.15) is 6.04 Å². The van der Waals surface area contributed by atoms with Crippen molar-refractivity contribution >= 4 is 5.91 Å². The van der Waals surface area contributed by atoms with Gasteiger partial charge in [-0.25, -0.2) is 0 Å². The fourth-order valence-corrected chi connectivity index (χ4v) is 0.663. The van der Waals surface area contributed by atoms with Crippen molar-refractivity contribution in [3.8, 4) is 0 Å². The topological polar surface area (TPSA) is 70.7 Å². The second-order valence-corrected chi connectivity index (χ2v) is 2.59. The van der Waals surface area contributed by atoms with E-state index in [2.05, 4.69) is 15.4 Å². The molecule has 1 aromatic rings. The summed E-state index contributed by atoms with van der Waals surface area (Å²) in [4.78, 5) is 11.0. The van der Waals surface area contributed by atoms with Crippen LogP contribution in [0.5, 0.6) is 0 Å². The first-order valence-corrected chi connectivity index (χ1v) is 3.64. The van der Waals surface area contributed by atoms with Gasteiger partial charge in [0.2, 0.25) is 0 Å². The molecule has 0 radical (unpaired) electrons. The van der Waals surface area contributed by atoms with E-state index in [0.717, 1.165) is 13.1 Å². The van der Waals surface area contributed by atoms with Crippen LogP contribution >= 0.6 is 0 Å². The predicted octanol–water partition coefficient (Wildman–Crippen LogP) is 0.485. The van der Waals surface area contributed by atoms with E-state index in [1.165, 1.54) is 0 Å². The van der Waals surface area contributed by atoms with Crippen LogP contribution in [0.1, 0.15) is 17.4 Å². The zero-order chi connectivity index (χ0) is 10.8. The summed E-state index contributed by atoms with van der Waals surface area (Å²) in [6, 6.07) is -1.91. The number of H-pyrrole nitrogens is 1. The number of rotatable bonds is 2. The molecule has 0 spiro atoms. The maximum atomic E-state index is 12.0. The average molecular weight is 208 g/mol. The SMILES string of the molecule is CC(NC(=O)c1cn[nH]n1)C(F)(F)F. The number of carbonyl (C=O) groups is 1. The summed E-state index contributed by atoms with van der Waals surface area (Å²) in [7, 11) is 0. The molecular formula is C6H7F3N4O. The largest absolute Gasteiger partial charge is 0.408 e. The number of carbonyl (C=O) groups excluding carboxylic acids is 1. The predicted molar refractivity (Wildman–Crippen MR) is 39.4 cm³/mol. The lowest BCUT2D eigenvalue weighted by molar-refractivity contribution is -0.149. The fraction of sp³-hybridized carbons (Fsp3) is 0.500. The van der Waals surface area contributed by atoms with Crippen molar-refractivity contribution in [1.29, 1.82) is 0 Å². The lowest BCUT2D eigenvalue weighted by atomic mass is 10.3. The van der Waals surface area contributed by atoms with E-state index in [1.807, 2.05) is 0 Å². The van der Waals surface area contributed by atoms with Crippen LogP contribution in [-0.2, 0) is 0 Å². The molecule has 0 saturated carbocycles. The van der Waals surface area contributed by atoms with Crippen molar-refractivity contribution in [3.05, 3.63) is 11.9 Å². The zero-order valence-electron chi connectivity index (χ0n) is 7.09. The number of aromatic amines is 1. The molecule has 0 aromatic carbocycles. The molecule has 14 heavy (non-hydrogen) atoms. The number of nitrogens with zero attached hydrogens (tertiary/aromatic N) is 2. The van der Waals surface area contributed by atoms with Crippen molar-refractivity contribution < 1.29 is 18.0 Å². The number of nitrogens with one attached hydrogen (secondary N) is 2. The smallest absolute Gasteiger partial charge is 0.339 e. The Labute approximate surface area is 76.7 Å². The van der Waals surface area contributed by atoms with E-state index in [1.54, 1.807) is 5.32 Å². The number of hydrogen-bond donors (Lipinski definition) is 2. The van der Waals surface area contributed by atoms with E-state index in [-0.39, 0.29) is 5.69 Å². The molecule has 5 nitrogen and oxygen atoms in total. The standard InChI is InChI=1S/C6H7F3N4O/c1-3(6(7,8)9)11-5(14)4-2-10-13-12-4/h2-3H,1H3,(H,11,14)(H,10,12,13). The van der Waals surface area contributed by atoms with Gasteiger partial charge in [0.05, 0.1) is 6.20 Å². The molecule has 1 amide bonds. The summed E-state index contributed by atoms with van der Waals surface area (Å²) >= 11 is 0. The quantitative estimate of drug-likeness (QED) is 0.742. The molecule has 0 aliphatic rings. The minimum Gasteiger partial charge on any atom is -0.339 e. The van der Waals surface area contributed by atoms with Crippen LogP contribution in [-0.4, -0.2) is 33.5 Å². The monoisotopic (exact) mass is 208 g/mol. The van der Waals surface area contributed by atoms with Crippen molar-refractivity contribution in [1.82, 2.24) is 20.7 Å². The first kappa shape index (κ1) is 10.5. The molecule has 1 unspecified atom stereocenters. The first-order valence-electron chi connectivity index (χ1n) is 3.64. The summed E-state index contributed by atoms with van der Waals surface area (Å²) in [5.74, 6) is -0.913. The molecule has 0 fully saturated rings. The van der Waals surface area contributed by atoms with Gasteiger partial charge in [-0.15, -0.1) is 0 Å². The third kappa shape index (κ3) is 2.44. The maximum Gasteiger partial charge on any atom is 0.408 e. The van der Waals surface area contributed by atoms with Crippen LogP contribution in [0.15, 0.2) is 6.20 Å². The Morgan fingerprint density at radius 2 is 2.29 bits per heavy atom. The van der Waals surface area contributed by atoms with Crippen LogP contribution in [0.4, 0.5) is 13.2 Å². The van der Waals surface area contributed by atoms with Gasteiger partial charge in [-0.3, -0.25) is 4.79 Å². The van der Waals surface area contributed by atoms with Crippen molar-refractivity contribution in [2.75, 3.05) is 0 Å². The van der Waals surface area contributed by atoms with Gasteiger partial charge in [0.15, 0.2) is 5.69 Å². The molecule has 78 valence electrons. The second kappa shape index (κ2) is 3.64. The van der Waals surface area contributed by atoms with Crippen molar-refractivity contribution in [2.45, 2.75) is 19.1 Å². The Bertz CT molecular complexity index is 307. The average Bonchev–Trinajstić information content (AvgIpc) is 2.53. The molecule has 0 bridgehead atoms. The normalized spacial score (nSPS) is 13.7. The van der Waals surface area contributed by atoms with Crippen molar-refractivity contribution in [3.63, 3.8) is 0 Å². The summed E-state index contributed by atoms with van der Waals surface area (Å²) in [6.07, 6.45) is -3.42. The van der Waals surface area contributed by atoms with E-state index in [0.29, 0.717) is 0 Å². The molecule has 2 N–H and O–H groups in total. The molecule has 1 atom stereocenters.